The van der Waals surface area contributed by atoms with Gasteiger partial charge in [0.25, 0.3) is 0 Å². The van der Waals surface area contributed by atoms with Gasteiger partial charge in [-0.2, -0.15) is 0 Å². The van der Waals surface area contributed by atoms with E-state index in [-0.39, 0.29) is 17.7 Å². The van der Waals surface area contributed by atoms with Crippen molar-refractivity contribution in [2.24, 2.45) is 11.8 Å². The van der Waals surface area contributed by atoms with Crippen LogP contribution in [-0.2, 0) is 13.9 Å². The lowest BCUT2D eigenvalue weighted by molar-refractivity contribution is -0.122. The van der Waals surface area contributed by atoms with Crippen molar-refractivity contribution >= 4 is 49.4 Å². The number of hydrogen-bond acceptors (Lipinski definition) is 2. The van der Waals surface area contributed by atoms with Crippen LogP contribution in [0.15, 0.2) is 77.3 Å². The zero-order valence-electron chi connectivity index (χ0n) is 15.2. The van der Waals surface area contributed by atoms with Gasteiger partial charge in [0.05, 0.1) is 21.8 Å². The van der Waals surface area contributed by atoms with E-state index >= 15 is 0 Å². The maximum atomic E-state index is 13.7. The number of rotatable bonds is 1. The molecule has 0 unspecified atom stereocenters. The highest BCUT2D eigenvalue weighted by molar-refractivity contribution is 9.10. The summed E-state index contributed by atoms with van der Waals surface area (Å²) in [6.45, 7) is 0. The summed E-state index contributed by atoms with van der Waals surface area (Å²) >= 11 is 7.44. The van der Waals surface area contributed by atoms with Gasteiger partial charge in [-0.25, -0.2) is 4.90 Å². The fraction of sp³-hybridized carbons (Fsp3) is 0.167. The molecule has 2 bridgehead atoms. The molecule has 0 saturated carbocycles. The minimum atomic E-state index is -0.698. The van der Waals surface area contributed by atoms with Crippen LogP contribution in [0.5, 0.6) is 0 Å². The molecule has 0 radical (unpaired) electrons. The van der Waals surface area contributed by atoms with Gasteiger partial charge in [0.1, 0.15) is 0 Å². The van der Waals surface area contributed by atoms with Crippen LogP contribution in [0.25, 0.3) is 0 Å². The lowest BCUT2D eigenvalue weighted by atomic mass is 9.55. The second-order valence-corrected chi connectivity index (χ2v) is 10.0. The summed E-state index contributed by atoms with van der Waals surface area (Å²) in [5.74, 6) is -1.22. The van der Waals surface area contributed by atoms with E-state index in [0.717, 1.165) is 26.7 Å². The smallest absolute Gasteiger partial charge is 0.239 e. The number of anilines is 1. The predicted octanol–water partition coefficient (Wildman–Crippen LogP) is 5.35. The summed E-state index contributed by atoms with van der Waals surface area (Å²) in [6.07, 6.45) is 0. The van der Waals surface area contributed by atoms with E-state index in [1.807, 2.05) is 48.5 Å². The number of benzene rings is 3. The minimum absolute atomic E-state index is 0.108. The zero-order valence-corrected chi connectivity index (χ0v) is 18.4. The third-order valence-electron chi connectivity index (χ3n) is 6.60. The number of amides is 2. The Bertz CT molecular complexity index is 1160. The summed E-state index contributed by atoms with van der Waals surface area (Å²) in [4.78, 5) is 28.8. The molecule has 2 amide bonds. The van der Waals surface area contributed by atoms with E-state index in [2.05, 4.69) is 56.1 Å². The maximum Gasteiger partial charge on any atom is 0.239 e. The van der Waals surface area contributed by atoms with Crippen LogP contribution in [0.4, 0.5) is 5.69 Å². The SMILES string of the molecule is O=C1[C@@H]2C3c4ccccc4C(Br)(c4ccccc43)[C@H]2C(=O)N1c1ccc(Br)cc1. The van der Waals surface area contributed by atoms with Gasteiger partial charge >= 0.3 is 0 Å². The van der Waals surface area contributed by atoms with Gasteiger partial charge in [-0.1, -0.05) is 80.4 Å². The number of halogens is 2. The number of carbonyl (C=O) groups is 2. The van der Waals surface area contributed by atoms with Crippen LogP contribution in [0.3, 0.4) is 0 Å². The number of imide groups is 1. The van der Waals surface area contributed by atoms with Crippen molar-refractivity contribution < 1.29 is 9.59 Å². The summed E-state index contributed by atoms with van der Waals surface area (Å²) in [5, 5.41) is 0. The average Bonchev–Trinajstić information content (AvgIpc) is 3.01. The van der Waals surface area contributed by atoms with Crippen molar-refractivity contribution in [2.75, 3.05) is 4.90 Å². The topological polar surface area (TPSA) is 37.4 Å². The van der Waals surface area contributed by atoms with Crippen molar-refractivity contribution in [2.45, 2.75) is 10.2 Å². The van der Waals surface area contributed by atoms with Gasteiger partial charge in [0.2, 0.25) is 11.8 Å². The van der Waals surface area contributed by atoms with E-state index in [1.54, 1.807) is 0 Å². The number of carbonyl (C=O) groups excluding carboxylic acids is 2. The molecule has 3 nitrogen and oxygen atoms in total. The fourth-order valence-corrected chi connectivity index (χ4v) is 6.99. The monoisotopic (exact) mass is 507 g/mol. The normalized spacial score (nSPS) is 28.9. The Balaban J connectivity index is 1.61. The van der Waals surface area contributed by atoms with Gasteiger partial charge in [0.15, 0.2) is 0 Å². The van der Waals surface area contributed by atoms with Crippen LogP contribution in [0, 0.1) is 11.8 Å². The second kappa shape index (κ2) is 5.89. The van der Waals surface area contributed by atoms with E-state index in [9.17, 15) is 9.59 Å². The second-order valence-electron chi connectivity index (χ2n) is 7.86. The molecule has 0 aromatic heterocycles. The Morgan fingerprint density at radius 3 is 1.90 bits per heavy atom. The van der Waals surface area contributed by atoms with Crippen LogP contribution < -0.4 is 4.90 Å². The molecule has 1 aliphatic heterocycles. The molecule has 1 saturated heterocycles. The van der Waals surface area contributed by atoms with Gasteiger partial charge in [-0.3, -0.25) is 9.59 Å². The van der Waals surface area contributed by atoms with Crippen molar-refractivity contribution in [1.29, 1.82) is 0 Å². The first kappa shape index (κ1) is 17.6. The molecular formula is C24H15Br2NO2. The highest BCUT2D eigenvalue weighted by Gasteiger charge is 2.67. The van der Waals surface area contributed by atoms with Crippen molar-refractivity contribution in [3.8, 4) is 0 Å². The molecule has 3 aromatic carbocycles. The lowest BCUT2D eigenvalue weighted by Crippen LogP contribution is -2.50. The summed E-state index contributed by atoms with van der Waals surface area (Å²) in [7, 11) is 0. The molecule has 1 heterocycles. The molecule has 4 aliphatic rings. The first-order valence-electron chi connectivity index (χ1n) is 9.54. The van der Waals surface area contributed by atoms with Crippen LogP contribution in [0.1, 0.15) is 28.2 Å². The van der Waals surface area contributed by atoms with E-state index in [1.165, 1.54) is 4.90 Å². The zero-order chi connectivity index (χ0) is 19.9. The summed E-state index contributed by atoms with van der Waals surface area (Å²) in [6, 6.07) is 23.8. The summed E-state index contributed by atoms with van der Waals surface area (Å²) in [5.41, 5.74) is 5.11. The Morgan fingerprint density at radius 1 is 0.759 bits per heavy atom. The standard InChI is InChI=1S/C24H15Br2NO2/c25-13-9-11-14(12-10-13)27-22(28)20-19-15-5-1-3-7-17(15)24(26,21(20)23(27)29)18-8-4-2-6-16(18)19/h1-12,19-21H/t19?,20-,21-,24?/m1/s1. The van der Waals surface area contributed by atoms with Gasteiger partial charge in [0, 0.05) is 10.4 Å². The average molecular weight is 509 g/mol. The Labute approximate surface area is 185 Å². The molecule has 0 N–H and O–H groups in total. The highest BCUT2D eigenvalue weighted by Crippen LogP contribution is 2.66. The van der Waals surface area contributed by atoms with Crippen LogP contribution >= 0.6 is 31.9 Å². The molecular weight excluding hydrogens is 494 g/mol. The minimum Gasteiger partial charge on any atom is -0.274 e. The first-order chi connectivity index (χ1) is 14.0. The molecule has 7 rings (SSSR count). The molecule has 3 aliphatic carbocycles. The van der Waals surface area contributed by atoms with Crippen molar-refractivity contribution in [1.82, 2.24) is 0 Å². The van der Waals surface area contributed by atoms with Gasteiger partial charge < -0.3 is 0 Å². The molecule has 5 heteroatoms. The van der Waals surface area contributed by atoms with Crippen molar-refractivity contribution in [3.63, 3.8) is 0 Å². The van der Waals surface area contributed by atoms with Gasteiger partial charge in [-0.05, 0) is 46.5 Å². The number of nitrogens with zero attached hydrogens (tertiary/aromatic N) is 1. The largest absolute Gasteiger partial charge is 0.274 e. The Kier molecular flexibility index (Phi) is 3.58. The highest BCUT2D eigenvalue weighted by atomic mass is 79.9. The first-order valence-corrected chi connectivity index (χ1v) is 11.1. The van der Waals surface area contributed by atoms with E-state index in [0.29, 0.717) is 5.69 Å². The Hall–Kier alpha value is -2.24. The molecule has 2 atom stereocenters. The Morgan fingerprint density at radius 2 is 1.31 bits per heavy atom. The third kappa shape index (κ3) is 2.07. The van der Waals surface area contributed by atoms with Gasteiger partial charge in [-0.15, -0.1) is 0 Å². The molecule has 142 valence electrons. The lowest BCUT2D eigenvalue weighted by Gasteiger charge is -2.51. The predicted molar refractivity (Wildman–Crippen MR) is 118 cm³/mol. The van der Waals surface area contributed by atoms with Crippen LogP contribution in [0.2, 0.25) is 0 Å². The maximum absolute atomic E-state index is 13.7. The van der Waals surface area contributed by atoms with E-state index in [4.69, 9.17) is 0 Å². The third-order valence-corrected chi connectivity index (χ3v) is 8.48. The molecule has 3 aromatic rings. The quantitative estimate of drug-likeness (QED) is 0.328. The fourth-order valence-electron chi connectivity index (χ4n) is 5.52. The molecule has 1 fully saturated rings. The van der Waals surface area contributed by atoms with E-state index < -0.39 is 16.2 Å². The number of alkyl halides is 1. The number of hydrogen-bond donors (Lipinski definition) is 0. The molecule has 0 spiro atoms. The van der Waals surface area contributed by atoms with Crippen molar-refractivity contribution in [3.05, 3.63) is 99.5 Å². The molecule has 29 heavy (non-hydrogen) atoms. The van der Waals surface area contributed by atoms with Crippen LogP contribution in [-0.4, -0.2) is 11.8 Å². The summed E-state index contributed by atoms with van der Waals surface area (Å²) < 4.78 is 0.214.